The second-order valence-corrected chi connectivity index (χ2v) is 1.15. The van der Waals surface area contributed by atoms with Gasteiger partial charge >= 0.3 is 5.48 Å². The molecule has 0 aliphatic carbocycles. The molecule has 0 atom stereocenters. The molecule has 0 amide bonds. The van der Waals surface area contributed by atoms with E-state index in [1.807, 2.05) is 36.4 Å². The Balaban J connectivity index is -0.000000114. The van der Waals surface area contributed by atoms with Crippen LogP contribution < -0.4 is 0 Å². The lowest BCUT2D eigenvalue weighted by Crippen LogP contribution is -1.47. The second-order valence-electron chi connectivity index (χ2n) is 1.15. The molecule has 1 rings (SSSR count). The molecule has 0 saturated carbocycles. The first-order valence-corrected chi connectivity index (χ1v) is 2.45. The number of hydrogen-bond acceptors (Lipinski definition) is 2. The van der Waals surface area contributed by atoms with E-state index in [0.717, 1.165) is 0 Å². The van der Waals surface area contributed by atoms with Crippen molar-refractivity contribution < 1.29 is 5.48 Å². The molecule has 0 aromatic heterocycles. The Bertz CT molecular complexity index is 136. The van der Waals surface area contributed by atoms with Gasteiger partial charge in [-0.3, -0.25) is 0 Å². The van der Waals surface area contributed by atoms with Gasteiger partial charge in [0.05, 0.1) is 0 Å². The molecule has 0 N–H and O–H groups in total. The molecule has 11 heavy (non-hydrogen) atoms. The quantitative estimate of drug-likeness (QED) is 0.523. The standard InChI is InChI=1S/C6H6.2CN.O/c1-2-4-6-5-3-1;2*1-2;/h1-6H;;;/q;2*-1;+2. The van der Waals surface area contributed by atoms with Crippen molar-refractivity contribution in [2.45, 2.75) is 0 Å². The first kappa shape index (κ1) is 16.1. The van der Waals surface area contributed by atoms with Crippen LogP contribution in [0.3, 0.4) is 0 Å². The highest BCUT2D eigenvalue weighted by Gasteiger charge is 2.00. The fraction of sp³-hybridized carbons (Fsp3) is 0. The molecular formula is C8H6N2O. The molecule has 0 fully saturated rings. The average molecular weight is 146 g/mol. The predicted octanol–water partition coefficient (Wildman–Crippen LogP) is 1.76. The summed E-state index contributed by atoms with van der Waals surface area (Å²) in [6.07, 6.45) is 0. The van der Waals surface area contributed by atoms with E-state index in [2.05, 4.69) is 0 Å². The molecule has 0 bridgehead atoms. The molecule has 3 heteroatoms. The first-order chi connectivity index (χ1) is 5.00. The van der Waals surface area contributed by atoms with Crippen LogP contribution in [0.4, 0.5) is 0 Å². The van der Waals surface area contributed by atoms with Gasteiger partial charge in [0.1, 0.15) is 0 Å². The van der Waals surface area contributed by atoms with Crippen LogP contribution in [-0.4, -0.2) is 0 Å². The number of hydrogen-bond donors (Lipinski definition) is 0. The molecule has 0 aliphatic heterocycles. The Hall–Kier alpha value is -1.84. The minimum atomic E-state index is 0. The summed E-state index contributed by atoms with van der Waals surface area (Å²) in [5, 5.41) is 12.5. The van der Waals surface area contributed by atoms with Crippen molar-refractivity contribution in [3.05, 3.63) is 49.5 Å². The van der Waals surface area contributed by atoms with E-state index in [1.54, 1.807) is 0 Å². The monoisotopic (exact) mass is 146 g/mol. The van der Waals surface area contributed by atoms with Gasteiger partial charge < -0.3 is 23.7 Å². The lowest BCUT2D eigenvalue weighted by Gasteiger charge is -1.69. The number of rotatable bonds is 0. The van der Waals surface area contributed by atoms with E-state index < -0.39 is 0 Å². The molecule has 54 valence electrons. The Labute approximate surface area is 66.4 Å². The molecule has 0 heterocycles. The van der Waals surface area contributed by atoms with Crippen molar-refractivity contribution in [1.82, 2.24) is 0 Å². The molecule has 4 radical (unpaired) electrons. The van der Waals surface area contributed by atoms with Crippen LogP contribution in [0.1, 0.15) is 0 Å². The SMILES string of the molecule is [C-]#N.[C-]#N.[O+2].c1ccccc1. The van der Waals surface area contributed by atoms with Gasteiger partial charge in [0.15, 0.2) is 0 Å². The molecule has 1 aromatic carbocycles. The van der Waals surface area contributed by atoms with Gasteiger partial charge in [0.25, 0.3) is 0 Å². The van der Waals surface area contributed by atoms with E-state index in [9.17, 15) is 0 Å². The second kappa shape index (κ2) is 24.2. The first-order valence-electron chi connectivity index (χ1n) is 2.45. The van der Waals surface area contributed by atoms with Crippen molar-refractivity contribution in [3.8, 4) is 0 Å². The topological polar surface area (TPSA) is 76.1 Å². The lowest BCUT2D eigenvalue weighted by atomic mass is 10.4. The van der Waals surface area contributed by atoms with Crippen LogP contribution in [0.2, 0.25) is 0 Å². The van der Waals surface area contributed by atoms with Crippen LogP contribution in [0, 0.1) is 23.7 Å². The van der Waals surface area contributed by atoms with Gasteiger partial charge in [-0.1, -0.05) is 36.4 Å². The van der Waals surface area contributed by atoms with Gasteiger partial charge in [-0.05, 0) is 0 Å². The molecule has 1 aromatic rings. The summed E-state index contributed by atoms with van der Waals surface area (Å²) in [7, 11) is 0. The normalized spacial score (nSPS) is 4.73. The van der Waals surface area contributed by atoms with Crippen molar-refractivity contribution in [1.29, 1.82) is 10.5 Å². The predicted molar refractivity (Wildman–Crippen MR) is 37.1 cm³/mol. The molecule has 0 aliphatic rings. The van der Waals surface area contributed by atoms with Gasteiger partial charge in [-0.15, -0.1) is 0 Å². The smallest absolute Gasteiger partial charge is 0.512 e. The van der Waals surface area contributed by atoms with E-state index in [4.69, 9.17) is 23.7 Å². The minimum absolute atomic E-state index is 0. The fourth-order valence-corrected chi connectivity index (χ4v) is 0.385. The summed E-state index contributed by atoms with van der Waals surface area (Å²) in [4.78, 5) is 0. The van der Waals surface area contributed by atoms with Crippen molar-refractivity contribution in [2.75, 3.05) is 0 Å². The van der Waals surface area contributed by atoms with Crippen molar-refractivity contribution >= 4 is 0 Å². The van der Waals surface area contributed by atoms with Gasteiger partial charge in [-0.2, -0.15) is 0 Å². The maximum absolute atomic E-state index is 6.25. The maximum atomic E-state index is 6.25. The van der Waals surface area contributed by atoms with Crippen LogP contribution in [0.25, 0.3) is 0 Å². The molecular weight excluding hydrogens is 140 g/mol. The van der Waals surface area contributed by atoms with Gasteiger partial charge in [0, 0.05) is 0 Å². The van der Waals surface area contributed by atoms with Crippen molar-refractivity contribution in [3.63, 3.8) is 0 Å². The van der Waals surface area contributed by atoms with Crippen LogP contribution >= 0.6 is 0 Å². The zero-order valence-corrected chi connectivity index (χ0v) is 5.77. The van der Waals surface area contributed by atoms with E-state index in [-0.39, 0.29) is 5.48 Å². The zero-order chi connectivity index (χ0) is 8.24. The Kier molecular flexibility index (Phi) is 35.3. The average Bonchev–Trinajstić information content (AvgIpc) is 2.14. The van der Waals surface area contributed by atoms with E-state index in [0.29, 0.717) is 0 Å². The minimum Gasteiger partial charge on any atom is -0.512 e. The third-order valence-electron chi connectivity index (χ3n) is 0.667. The summed E-state index contributed by atoms with van der Waals surface area (Å²) in [5.41, 5.74) is 0. The Morgan fingerprint density at radius 2 is 0.636 bits per heavy atom. The van der Waals surface area contributed by atoms with Crippen molar-refractivity contribution in [2.24, 2.45) is 0 Å². The third-order valence-corrected chi connectivity index (χ3v) is 0.667. The zero-order valence-electron chi connectivity index (χ0n) is 5.77. The van der Waals surface area contributed by atoms with Crippen LogP contribution in [0.5, 0.6) is 0 Å². The number of benzene rings is 1. The lowest BCUT2D eigenvalue weighted by molar-refractivity contribution is 0.686. The highest BCUT2D eigenvalue weighted by molar-refractivity contribution is 4.99. The van der Waals surface area contributed by atoms with E-state index in [1.165, 1.54) is 0 Å². The van der Waals surface area contributed by atoms with Gasteiger partial charge in [0.2, 0.25) is 0 Å². The maximum Gasteiger partial charge on any atom is 2.00 e. The molecule has 0 saturated heterocycles. The van der Waals surface area contributed by atoms with E-state index >= 15 is 0 Å². The summed E-state index contributed by atoms with van der Waals surface area (Å²) in [6.45, 7) is 9.50. The highest BCUT2D eigenvalue weighted by atomic mass is 16.0. The summed E-state index contributed by atoms with van der Waals surface area (Å²) < 4.78 is 0. The number of nitrogens with zero attached hydrogens (tertiary/aromatic N) is 2. The summed E-state index contributed by atoms with van der Waals surface area (Å²) in [6, 6.07) is 12.0. The van der Waals surface area contributed by atoms with Crippen LogP contribution in [0.15, 0.2) is 36.4 Å². The Morgan fingerprint density at radius 1 is 0.545 bits per heavy atom. The fourth-order valence-electron chi connectivity index (χ4n) is 0.385. The van der Waals surface area contributed by atoms with Gasteiger partial charge in [-0.25, -0.2) is 0 Å². The summed E-state index contributed by atoms with van der Waals surface area (Å²) in [5.74, 6) is 0. The molecule has 0 spiro atoms. The highest BCUT2D eigenvalue weighted by Crippen LogP contribution is 1.79. The molecule has 0 unspecified atom stereocenters. The largest absolute Gasteiger partial charge is 2.00 e. The molecule has 3 nitrogen and oxygen atoms in total. The van der Waals surface area contributed by atoms with Crippen LogP contribution in [-0.2, 0) is 5.48 Å². The summed E-state index contributed by atoms with van der Waals surface area (Å²) >= 11 is 0. The third kappa shape index (κ3) is 17.9. The Morgan fingerprint density at radius 3 is 0.727 bits per heavy atom.